The van der Waals surface area contributed by atoms with Gasteiger partial charge in [0.05, 0.1) is 6.61 Å². The molecule has 0 aliphatic carbocycles. The lowest BCUT2D eigenvalue weighted by Gasteiger charge is -2.16. The predicted octanol–water partition coefficient (Wildman–Crippen LogP) is 5.32. The number of ether oxygens (including phenoxy) is 2. The molecule has 0 heterocycles. The molecule has 1 atom stereocenters. The van der Waals surface area contributed by atoms with Crippen molar-refractivity contribution in [3.8, 4) is 0 Å². The van der Waals surface area contributed by atoms with Crippen LogP contribution in [0.5, 0.6) is 0 Å². The van der Waals surface area contributed by atoms with E-state index in [1.807, 2.05) is 20.8 Å². The fourth-order valence-corrected chi connectivity index (χ4v) is 1.71. The van der Waals surface area contributed by atoms with Crippen LogP contribution in [0.15, 0.2) is 0 Å². The van der Waals surface area contributed by atoms with Gasteiger partial charge in [0.15, 0.2) is 0 Å². The van der Waals surface area contributed by atoms with Crippen LogP contribution in [0, 0.1) is 5.92 Å². The molecule has 0 amide bonds. The van der Waals surface area contributed by atoms with E-state index in [-0.39, 0.29) is 6.10 Å². The summed E-state index contributed by atoms with van der Waals surface area (Å²) in [4.78, 5) is 11.3. The first-order chi connectivity index (χ1) is 9.07. The Hall–Kier alpha value is -0.730. The minimum absolute atomic E-state index is 0.0777. The zero-order chi connectivity index (χ0) is 14.5. The Morgan fingerprint density at radius 1 is 0.895 bits per heavy atom. The van der Waals surface area contributed by atoms with E-state index >= 15 is 0 Å². The van der Waals surface area contributed by atoms with Gasteiger partial charge in [0, 0.05) is 0 Å². The quantitative estimate of drug-likeness (QED) is 0.377. The summed E-state index contributed by atoms with van der Waals surface area (Å²) in [5.74, 6) is 0.329. The molecule has 0 saturated heterocycles. The van der Waals surface area contributed by atoms with Gasteiger partial charge in [-0.1, -0.05) is 65.7 Å². The third kappa shape index (κ3) is 12.1. The first-order valence-electron chi connectivity index (χ1n) is 7.91. The van der Waals surface area contributed by atoms with E-state index in [9.17, 15) is 4.79 Å². The zero-order valence-electron chi connectivity index (χ0n) is 13.2. The molecule has 114 valence electrons. The third-order valence-corrected chi connectivity index (χ3v) is 3.44. The van der Waals surface area contributed by atoms with Crippen LogP contribution in [0.4, 0.5) is 4.79 Å². The lowest BCUT2D eigenvalue weighted by molar-refractivity contribution is 0.0140. The molecule has 1 unspecified atom stereocenters. The monoisotopic (exact) mass is 272 g/mol. The van der Waals surface area contributed by atoms with Gasteiger partial charge in [-0.15, -0.1) is 0 Å². The van der Waals surface area contributed by atoms with Gasteiger partial charge < -0.3 is 9.47 Å². The Balaban J connectivity index is 3.27. The normalized spacial score (nSPS) is 12.5. The lowest BCUT2D eigenvalue weighted by Crippen LogP contribution is -2.21. The second kappa shape index (κ2) is 12.3. The summed E-state index contributed by atoms with van der Waals surface area (Å²) in [7, 11) is 0. The maximum absolute atomic E-state index is 11.3. The molecule has 0 aliphatic heterocycles. The van der Waals surface area contributed by atoms with E-state index in [0.717, 1.165) is 12.8 Å². The standard InChI is InChI=1S/C16H32O3/c1-5-6-7-8-9-10-11-12-13-18-16(17)19-15(4)14(2)3/h14-15H,5-13H2,1-4H3. The second-order valence-corrected chi connectivity index (χ2v) is 5.64. The molecule has 0 aliphatic rings. The molecular formula is C16H32O3. The highest BCUT2D eigenvalue weighted by molar-refractivity contribution is 5.60. The number of carbonyl (C=O) groups excluding carboxylic acids is 1. The maximum Gasteiger partial charge on any atom is 0.508 e. The number of unbranched alkanes of at least 4 members (excludes halogenated alkanes) is 7. The van der Waals surface area contributed by atoms with E-state index < -0.39 is 6.16 Å². The van der Waals surface area contributed by atoms with Crippen LogP contribution >= 0.6 is 0 Å². The van der Waals surface area contributed by atoms with Crippen LogP contribution in [0.1, 0.15) is 79.1 Å². The Labute approximate surface area is 119 Å². The molecule has 0 radical (unpaired) electrons. The molecule has 0 bridgehead atoms. The van der Waals surface area contributed by atoms with Crippen molar-refractivity contribution in [3.63, 3.8) is 0 Å². The smallest absolute Gasteiger partial charge is 0.434 e. The van der Waals surface area contributed by atoms with Crippen LogP contribution in [-0.2, 0) is 9.47 Å². The average molecular weight is 272 g/mol. The van der Waals surface area contributed by atoms with Crippen molar-refractivity contribution in [2.75, 3.05) is 6.61 Å². The van der Waals surface area contributed by atoms with E-state index in [1.165, 1.54) is 38.5 Å². The van der Waals surface area contributed by atoms with Crippen molar-refractivity contribution in [2.24, 2.45) is 5.92 Å². The molecule has 0 saturated carbocycles. The average Bonchev–Trinajstić information content (AvgIpc) is 2.36. The number of carbonyl (C=O) groups is 1. The zero-order valence-corrected chi connectivity index (χ0v) is 13.2. The van der Waals surface area contributed by atoms with Gasteiger partial charge >= 0.3 is 6.16 Å². The summed E-state index contributed by atoms with van der Waals surface area (Å²) in [6.07, 6.45) is 9.36. The van der Waals surface area contributed by atoms with Gasteiger partial charge in [0.2, 0.25) is 0 Å². The largest absolute Gasteiger partial charge is 0.508 e. The van der Waals surface area contributed by atoms with Crippen molar-refractivity contribution in [3.05, 3.63) is 0 Å². The fourth-order valence-electron chi connectivity index (χ4n) is 1.71. The van der Waals surface area contributed by atoms with Gasteiger partial charge in [-0.2, -0.15) is 0 Å². The molecule has 0 aromatic carbocycles. The highest BCUT2D eigenvalue weighted by atomic mass is 16.7. The third-order valence-electron chi connectivity index (χ3n) is 3.44. The van der Waals surface area contributed by atoms with E-state index in [4.69, 9.17) is 9.47 Å². The first-order valence-corrected chi connectivity index (χ1v) is 7.91. The van der Waals surface area contributed by atoms with Gasteiger partial charge in [0.25, 0.3) is 0 Å². The Morgan fingerprint density at radius 3 is 1.95 bits per heavy atom. The Morgan fingerprint density at radius 2 is 1.42 bits per heavy atom. The molecule has 0 aromatic rings. The second-order valence-electron chi connectivity index (χ2n) is 5.64. The topological polar surface area (TPSA) is 35.5 Å². The summed E-state index contributed by atoms with van der Waals surface area (Å²) in [6, 6.07) is 0. The van der Waals surface area contributed by atoms with Crippen molar-refractivity contribution >= 4 is 6.16 Å². The molecule has 0 fully saturated rings. The molecule has 0 rings (SSSR count). The fraction of sp³-hybridized carbons (Fsp3) is 0.938. The lowest BCUT2D eigenvalue weighted by atomic mass is 10.1. The highest BCUT2D eigenvalue weighted by Crippen LogP contribution is 2.09. The summed E-state index contributed by atoms with van der Waals surface area (Å²) in [5, 5.41) is 0. The van der Waals surface area contributed by atoms with Crippen molar-refractivity contribution in [2.45, 2.75) is 85.2 Å². The molecular weight excluding hydrogens is 240 g/mol. The molecule has 3 heteroatoms. The number of hydrogen-bond acceptors (Lipinski definition) is 3. The minimum Gasteiger partial charge on any atom is -0.434 e. The van der Waals surface area contributed by atoms with Crippen molar-refractivity contribution < 1.29 is 14.3 Å². The summed E-state index contributed by atoms with van der Waals surface area (Å²) >= 11 is 0. The van der Waals surface area contributed by atoms with E-state index in [0.29, 0.717) is 12.5 Å². The molecule has 0 aromatic heterocycles. The highest BCUT2D eigenvalue weighted by Gasteiger charge is 2.13. The Bertz CT molecular complexity index is 214. The first kappa shape index (κ1) is 18.3. The number of hydrogen-bond donors (Lipinski definition) is 0. The summed E-state index contributed by atoms with van der Waals surface area (Å²) < 4.78 is 10.2. The van der Waals surface area contributed by atoms with E-state index in [2.05, 4.69) is 6.92 Å². The van der Waals surface area contributed by atoms with Gasteiger partial charge in [-0.05, 0) is 19.3 Å². The molecule has 0 N–H and O–H groups in total. The summed E-state index contributed by atoms with van der Waals surface area (Å²) in [5.41, 5.74) is 0. The summed E-state index contributed by atoms with van der Waals surface area (Å²) in [6.45, 7) is 8.66. The predicted molar refractivity (Wildman–Crippen MR) is 79.3 cm³/mol. The van der Waals surface area contributed by atoms with Crippen LogP contribution in [0.2, 0.25) is 0 Å². The molecule has 3 nitrogen and oxygen atoms in total. The van der Waals surface area contributed by atoms with Crippen molar-refractivity contribution in [1.29, 1.82) is 0 Å². The maximum atomic E-state index is 11.3. The van der Waals surface area contributed by atoms with Crippen LogP contribution in [0.25, 0.3) is 0 Å². The number of rotatable bonds is 11. The van der Waals surface area contributed by atoms with Gasteiger partial charge in [0.1, 0.15) is 6.10 Å². The van der Waals surface area contributed by atoms with Gasteiger partial charge in [-0.3, -0.25) is 0 Å². The van der Waals surface area contributed by atoms with Crippen LogP contribution < -0.4 is 0 Å². The van der Waals surface area contributed by atoms with Crippen LogP contribution in [-0.4, -0.2) is 18.9 Å². The van der Waals surface area contributed by atoms with Crippen LogP contribution in [0.3, 0.4) is 0 Å². The minimum atomic E-state index is -0.524. The molecule has 0 spiro atoms. The van der Waals surface area contributed by atoms with Gasteiger partial charge in [-0.25, -0.2) is 4.79 Å². The SMILES string of the molecule is CCCCCCCCCCOC(=O)OC(C)C(C)C. The van der Waals surface area contributed by atoms with E-state index in [1.54, 1.807) is 0 Å². The Kier molecular flexibility index (Phi) is 11.8. The molecule has 19 heavy (non-hydrogen) atoms. The van der Waals surface area contributed by atoms with Crippen molar-refractivity contribution in [1.82, 2.24) is 0 Å².